The van der Waals surface area contributed by atoms with Gasteiger partial charge in [-0.3, -0.25) is 4.98 Å². The number of benzene rings is 1. The van der Waals surface area contributed by atoms with Gasteiger partial charge in [0, 0.05) is 11.6 Å². The van der Waals surface area contributed by atoms with Crippen LogP contribution in [0.4, 0.5) is 0 Å². The van der Waals surface area contributed by atoms with Crippen molar-refractivity contribution in [3.8, 4) is 0 Å². The molecule has 2 rings (SSSR count). The lowest BCUT2D eigenvalue weighted by Crippen LogP contribution is -2.40. The Morgan fingerprint density at radius 3 is 2.35 bits per heavy atom. The van der Waals surface area contributed by atoms with Crippen LogP contribution < -0.4 is 0 Å². The van der Waals surface area contributed by atoms with Crippen LogP contribution in [0, 0.1) is 0 Å². The Labute approximate surface area is 116 Å². The second kappa shape index (κ2) is 8.34. The smallest absolute Gasteiger partial charge is 0.151 e. The van der Waals surface area contributed by atoms with E-state index in [1.165, 1.54) is 5.39 Å². The third kappa shape index (κ3) is 4.67. The van der Waals surface area contributed by atoms with E-state index in [-0.39, 0.29) is 6.29 Å². The van der Waals surface area contributed by atoms with E-state index in [9.17, 15) is 4.79 Å². The lowest BCUT2D eigenvalue weighted by molar-refractivity contribution is -0.127. The predicted octanol–water partition coefficient (Wildman–Crippen LogP) is -0.505. The van der Waals surface area contributed by atoms with Crippen LogP contribution in [0.1, 0.15) is 0 Å². The van der Waals surface area contributed by atoms with E-state index in [4.69, 9.17) is 20.4 Å². The Kier molecular flexibility index (Phi) is 6.75. The van der Waals surface area contributed by atoms with Crippen LogP contribution in [-0.2, 0) is 4.79 Å². The second-order valence-corrected chi connectivity index (χ2v) is 4.06. The third-order valence-electron chi connectivity index (χ3n) is 2.58. The SMILES string of the molecule is O=C[C@H](O)[C@@H](O)[C@@H](O)CO.c1ccc2ncccc2c1. The summed E-state index contributed by atoms with van der Waals surface area (Å²) in [6.45, 7) is -0.688. The standard InChI is InChI=1S/C9H7N.C5H10O5/c1-2-6-9-8(4-1)5-3-7-10-9;6-1-3(8)5(10)4(9)2-7/h1-7H;1,3-5,7-10H,2H2/t;3-,4-,5+/m.0/s1. The minimum absolute atomic E-state index is 0.0869. The fraction of sp³-hybridized carbons (Fsp3) is 0.286. The van der Waals surface area contributed by atoms with Gasteiger partial charge < -0.3 is 25.2 Å². The highest BCUT2D eigenvalue weighted by atomic mass is 16.4. The zero-order valence-corrected chi connectivity index (χ0v) is 10.7. The molecule has 0 saturated heterocycles. The Balaban J connectivity index is 0.000000200. The molecule has 1 aromatic heterocycles. The van der Waals surface area contributed by atoms with E-state index in [0.717, 1.165) is 5.52 Å². The fourth-order valence-corrected chi connectivity index (χ4v) is 1.43. The minimum atomic E-state index is -1.64. The van der Waals surface area contributed by atoms with Crippen molar-refractivity contribution in [2.24, 2.45) is 0 Å². The summed E-state index contributed by atoms with van der Waals surface area (Å²) >= 11 is 0. The van der Waals surface area contributed by atoms with Crippen LogP contribution in [-0.4, -0.2) is 56.6 Å². The van der Waals surface area contributed by atoms with Crippen molar-refractivity contribution in [1.29, 1.82) is 0 Å². The Bertz CT molecular complexity index is 468. The van der Waals surface area contributed by atoms with Crippen molar-refractivity contribution >= 4 is 17.2 Å². The molecule has 6 heteroatoms. The van der Waals surface area contributed by atoms with Gasteiger partial charge in [0.15, 0.2) is 6.29 Å². The van der Waals surface area contributed by atoms with Crippen LogP contribution >= 0.6 is 0 Å². The maximum Gasteiger partial charge on any atom is 0.151 e. The fourth-order valence-electron chi connectivity index (χ4n) is 1.43. The average Bonchev–Trinajstić information content (AvgIpc) is 2.53. The molecule has 20 heavy (non-hydrogen) atoms. The van der Waals surface area contributed by atoms with Crippen LogP contribution in [0.5, 0.6) is 0 Å². The third-order valence-corrected chi connectivity index (χ3v) is 2.58. The first-order chi connectivity index (χ1) is 9.60. The summed E-state index contributed by atoms with van der Waals surface area (Å²) < 4.78 is 0. The molecule has 3 atom stereocenters. The van der Waals surface area contributed by atoms with Crippen LogP contribution in [0.15, 0.2) is 42.6 Å². The number of aromatic nitrogens is 1. The highest BCUT2D eigenvalue weighted by Crippen LogP contribution is 2.07. The highest BCUT2D eigenvalue weighted by molar-refractivity contribution is 5.77. The largest absolute Gasteiger partial charge is 0.394 e. The first kappa shape index (κ1) is 16.2. The molecular weight excluding hydrogens is 262 g/mol. The van der Waals surface area contributed by atoms with Crippen molar-refractivity contribution in [3.05, 3.63) is 42.6 Å². The summed E-state index contributed by atoms with van der Waals surface area (Å²) in [6, 6.07) is 12.1. The van der Waals surface area contributed by atoms with Gasteiger partial charge in [0.25, 0.3) is 0 Å². The summed E-state index contributed by atoms with van der Waals surface area (Å²) in [6.07, 6.45) is -2.82. The van der Waals surface area contributed by atoms with E-state index in [1.807, 2.05) is 30.5 Å². The molecule has 0 aliphatic carbocycles. The van der Waals surface area contributed by atoms with Crippen LogP contribution in [0.3, 0.4) is 0 Å². The number of aliphatic hydroxyl groups excluding tert-OH is 4. The second-order valence-electron chi connectivity index (χ2n) is 4.06. The number of hydrogen-bond acceptors (Lipinski definition) is 6. The lowest BCUT2D eigenvalue weighted by Gasteiger charge is -2.16. The summed E-state index contributed by atoms with van der Waals surface area (Å²) in [7, 11) is 0. The van der Waals surface area contributed by atoms with Crippen LogP contribution in [0.25, 0.3) is 10.9 Å². The number of pyridine rings is 1. The Hall–Kier alpha value is -1.86. The number of rotatable bonds is 4. The summed E-state index contributed by atoms with van der Waals surface area (Å²) in [5.41, 5.74) is 1.06. The van der Waals surface area contributed by atoms with Gasteiger partial charge in [-0.2, -0.15) is 0 Å². The van der Waals surface area contributed by atoms with Gasteiger partial charge in [0.1, 0.15) is 18.3 Å². The van der Waals surface area contributed by atoms with Crippen molar-refractivity contribution < 1.29 is 25.2 Å². The summed E-state index contributed by atoms with van der Waals surface area (Å²) in [5, 5.41) is 35.3. The normalized spacial score (nSPS) is 14.8. The molecule has 0 saturated carbocycles. The van der Waals surface area contributed by atoms with Gasteiger partial charge in [-0.05, 0) is 12.1 Å². The molecular formula is C14H17NO5. The van der Waals surface area contributed by atoms with E-state index in [2.05, 4.69) is 17.1 Å². The van der Waals surface area contributed by atoms with E-state index in [1.54, 1.807) is 0 Å². The highest BCUT2D eigenvalue weighted by Gasteiger charge is 2.22. The predicted molar refractivity (Wildman–Crippen MR) is 72.9 cm³/mol. The Morgan fingerprint density at radius 1 is 1.10 bits per heavy atom. The van der Waals surface area contributed by atoms with Gasteiger partial charge in [-0.15, -0.1) is 0 Å². The van der Waals surface area contributed by atoms with E-state index in [0.29, 0.717) is 0 Å². The molecule has 108 valence electrons. The first-order valence-corrected chi connectivity index (χ1v) is 6.00. The van der Waals surface area contributed by atoms with Crippen LogP contribution in [0.2, 0.25) is 0 Å². The lowest BCUT2D eigenvalue weighted by atomic mass is 10.1. The first-order valence-electron chi connectivity index (χ1n) is 6.00. The van der Waals surface area contributed by atoms with Crippen molar-refractivity contribution in [3.63, 3.8) is 0 Å². The quantitative estimate of drug-likeness (QED) is 0.561. The zero-order chi connectivity index (χ0) is 15.0. The van der Waals surface area contributed by atoms with Crippen molar-refractivity contribution in [2.75, 3.05) is 6.61 Å². The molecule has 0 bridgehead atoms. The molecule has 2 aromatic rings. The minimum Gasteiger partial charge on any atom is -0.394 e. The monoisotopic (exact) mass is 279 g/mol. The maximum atomic E-state index is 9.76. The van der Waals surface area contributed by atoms with Gasteiger partial charge in [-0.25, -0.2) is 0 Å². The number of aliphatic hydroxyl groups is 4. The molecule has 1 aromatic carbocycles. The molecule has 0 aliphatic heterocycles. The molecule has 0 spiro atoms. The molecule has 0 unspecified atom stereocenters. The number of para-hydroxylation sites is 1. The number of carbonyl (C=O) groups excluding carboxylic acids is 1. The number of nitrogens with zero attached hydrogens (tertiary/aromatic N) is 1. The average molecular weight is 279 g/mol. The molecule has 0 radical (unpaired) electrons. The van der Waals surface area contributed by atoms with Gasteiger partial charge in [0.2, 0.25) is 0 Å². The van der Waals surface area contributed by atoms with Gasteiger partial charge >= 0.3 is 0 Å². The molecule has 0 aliphatic rings. The number of hydrogen-bond donors (Lipinski definition) is 4. The molecule has 0 fully saturated rings. The Morgan fingerprint density at radius 2 is 1.75 bits per heavy atom. The van der Waals surface area contributed by atoms with Crippen molar-refractivity contribution in [1.82, 2.24) is 4.98 Å². The van der Waals surface area contributed by atoms with Gasteiger partial charge in [0.05, 0.1) is 12.1 Å². The van der Waals surface area contributed by atoms with Gasteiger partial charge in [-0.1, -0.05) is 24.3 Å². The van der Waals surface area contributed by atoms with E-state index >= 15 is 0 Å². The number of fused-ring (bicyclic) bond motifs is 1. The van der Waals surface area contributed by atoms with E-state index < -0.39 is 24.9 Å². The maximum absolute atomic E-state index is 9.76. The molecule has 0 amide bonds. The molecule has 1 heterocycles. The summed E-state index contributed by atoms with van der Waals surface area (Å²) in [5.74, 6) is 0. The topological polar surface area (TPSA) is 111 Å². The summed E-state index contributed by atoms with van der Waals surface area (Å²) in [4.78, 5) is 13.9. The molecule has 6 nitrogen and oxygen atoms in total. The number of aldehydes is 1. The number of carbonyl (C=O) groups is 1. The zero-order valence-electron chi connectivity index (χ0n) is 10.7. The molecule has 4 N–H and O–H groups in total. The van der Waals surface area contributed by atoms with Crippen molar-refractivity contribution in [2.45, 2.75) is 18.3 Å².